The number of hydrogen-bond donors (Lipinski definition) is 1. The van der Waals surface area contributed by atoms with Crippen molar-refractivity contribution in [3.8, 4) is 0 Å². The van der Waals surface area contributed by atoms with Crippen LogP contribution in [0, 0.1) is 5.41 Å². The summed E-state index contributed by atoms with van der Waals surface area (Å²) in [6.45, 7) is 3.91. The normalized spacial score (nSPS) is 17.3. The Balaban J connectivity index is 2.10. The fourth-order valence-electron chi connectivity index (χ4n) is 3.25. The van der Waals surface area contributed by atoms with Crippen molar-refractivity contribution in [1.82, 2.24) is 9.78 Å². The van der Waals surface area contributed by atoms with Gasteiger partial charge in [0, 0.05) is 12.6 Å². The molecule has 0 spiro atoms. The molecule has 1 aromatic rings. The van der Waals surface area contributed by atoms with Crippen LogP contribution in [0.3, 0.4) is 0 Å². The molecule has 0 aliphatic heterocycles. The average Bonchev–Trinajstić information content (AvgIpc) is 2.94. The monoisotopic (exact) mass is 278 g/mol. The van der Waals surface area contributed by atoms with E-state index in [9.17, 15) is 9.90 Å². The molecule has 112 valence electrons. The van der Waals surface area contributed by atoms with Crippen molar-refractivity contribution in [2.24, 2.45) is 5.41 Å². The first-order valence-electron chi connectivity index (χ1n) is 7.88. The van der Waals surface area contributed by atoms with E-state index in [-0.39, 0.29) is 0 Å². The number of nitrogens with zero attached hydrogens (tertiary/aromatic N) is 2. The quantitative estimate of drug-likeness (QED) is 0.860. The Morgan fingerprint density at radius 3 is 2.55 bits per heavy atom. The lowest BCUT2D eigenvalue weighted by atomic mass is 9.78. The zero-order valence-corrected chi connectivity index (χ0v) is 12.6. The molecule has 0 bridgehead atoms. The van der Waals surface area contributed by atoms with Crippen LogP contribution in [0.1, 0.15) is 70.5 Å². The van der Waals surface area contributed by atoms with Gasteiger partial charge in [-0.2, -0.15) is 5.10 Å². The van der Waals surface area contributed by atoms with Crippen LogP contribution < -0.4 is 0 Å². The van der Waals surface area contributed by atoms with Crippen molar-refractivity contribution < 1.29 is 9.90 Å². The number of carboxylic acid groups (broad SMARTS) is 1. The summed E-state index contributed by atoms with van der Waals surface area (Å²) >= 11 is 0. The van der Waals surface area contributed by atoms with Gasteiger partial charge in [-0.25, -0.2) is 0 Å². The number of hydrogen-bond acceptors (Lipinski definition) is 2. The fourth-order valence-corrected chi connectivity index (χ4v) is 3.25. The molecule has 0 atom stereocenters. The summed E-state index contributed by atoms with van der Waals surface area (Å²) < 4.78 is 2.06. The number of rotatable bonds is 6. The maximum absolute atomic E-state index is 11.6. The third kappa shape index (κ3) is 3.05. The second-order valence-corrected chi connectivity index (χ2v) is 6.05. The largest absolute Gasteiger partial charge is 0.481 e. The van der Waals surface area contributed by atoms with E-state index in [1.54, 1.807) is 0 Å². The highest BCUT2D eigenvalue weighted by molar-refractivity contribution is 5.74. The molecule has 4 nitrogen and oxygen atoms in total. The molecule has 0 unspecified atom stereocenters. The Morgan fingerprint density at radius 1 is 1.35 bits per heavy atom. The summed E-state index contributed by atoms with van der Waals surface area (Å²) in [5.74, 6) is -0.699. The van der Waals surface area contributed by atoms with Gasteiger partial charge in [0.1, 0.15) is 0 Å². The summed E-state index contributed by atoms with van der Waals surface area (Å²) in [6, 6.07) is 2.51. The highest BCUT2D eigenvalue weighted by Gasteiger charge is 2.35. The zero-order chi connectivity index (χ0) is 14.6. The first-order valence-corrected chi connectivity index (χ1v) is 7.88. The maximum Gasteiger partial charge on any atom is 0.310 e. The van der Waals surface area contributed by atoms with Crippen molar-refractivity contribution in [1.29, 1.82) is 0 Å². The van der Waals surface area contributed by atoms with Gasteiger partial charge in [0.25, 0.3) is 0 Å². The number of aromatic nitrogens is 2. The topological polar surface area (TPSA) is 55.1 Å². The highest BCUT2D eigenvalue weighted by atomic mass is 16.4. The van der Waals surface area contributed by atoms with Gasteiger partial charge in [-0.3, -0.25) is 9.48 Å². The van der Waals surface area contributed by atoms with Gasteiger partial charge in [0.2, 0.25) is 0 Å². The van der Waals surface area contributed by atoms with E-state index < -0.39 is 11.4 Å². The minimum absolute atomic E-state index is 0.514. The van der Waals surface area contributed by atoms with Crippen LogP contribution >= 0.6 is 0 Å². The van der Waals surface area contributed by atoms with Crippen molar-refractivity contribution in [3.63, 3.8) is 0 Å². The van der Waals surface area contributed by atoms with Gasteiger partial charge in [0.15, 0.2) is 0 Å². The number of aliphatic carboxylic acids is 1. The molecule has 2 rings (SSSR count). The van der Waals surface area contributed by atoms with E-state index in [0.29, 0.717) is 25.3 Å². The van der Waals surface area contributed by atoms with Gasteiger partial charge in [-0.15, -0.1) is 0 Å². The molecule has 1 N–H and O–H groups in total. The van der Waals surface area contributed by atoms with Crippen molar-refractivity contribution in [2.75, 3.05) is 0 Å². The predicted molar refractivity (Wildman–Crippen MR) is 78.7 cm³/mol. The second kappa shape index (κ2) is 6.42. The van der Waals surface area contributed by atoms with Crippen molar-refractivity contribution in [3.05, 3.63) is 18.0 Å². The lowest BCUT2D eigenvalue weighted by molar-refractivity contribution is -0.149. The Hall–Kier alpha value is -1.32. The van der Waals surface area contributed by atoms with Crippen LogP contribution in [-0.2, 0) is 11.2 Å². The standard InChI is InChI=1S/C16H26N2O2/c1-3-16(4-2,15(19)20)12-13-10-11-18(17-13)14-8-6-5-7-9-14/h10-11,14H,3-9,12H2,1-2H3,(H,19,20). The molecular formula is C16H26N2O2. The molecule has 1 heterocycles. The molecule has 1 aromatic heterocycles. The summed E-state index contributed by atoms with van der Waals surface area (Å²) in [7, 11) is 0. The van der Waals surface area contributed by atoms with Gasteiger partial charge in [0.05, 0.1) is 17.2 Å². The zero-order valence-electron chi connectivity index (χ0n) is 12.6. The highest BCUT2D eigenvalue weighted by Crippen LogP contribution is 2.32. The van der Waals surface area contributed by atoms with Crippen LogP contribution in [0.15, 0.2) is 12.3 Å². The van der Waals surface area contributed by atoms with E-state index in [1.165, 1.54) is 32.1 Å². The van der Waals surface area contributed by atoms with E-state index >= 15 is 0 Å². The third-order valence-electron chi connectivity index (χ3n) is 4.94. The minimum atomic E-state index is -0.699. The Bertz CT molecular complexity index is 443. The molecular weight excluding hydrogens is 252 g/mol. The van der Waals surface area contributed by atoms with E-state index in [0.717, 1.165) is 5.69 Å². The van der Waals surface area contributed by atoms with Gasteiger partial charge in [-0.05, 0) is 31.7 Å². The van der Waals surface area contributed by atoms with E-state index in [1.807, 2.05) is 26.1 Å². The summed E-state index contributed by atoms with van der Waals surface area (Å²) in [5, 5.41) is 14.2. The van der Waals surface area contributed by atoms with Crippen molar-refractivity contribution >= 4 is 5.97 Å². The third-order valence-corrected chi connectivity index (χ3v) is 4.94. The van der Waals surface area contributed by atoms with E-state index in [2.05, 4.69) is 9.78 Å². The average molecular weight is 278 g/mol. The molecule has 1 saturated carbocycles. The summed E-state index contributed by atoms with van der Waals surface area (Å²) in [5.41, 5.74) is 0.257. The van der Waals surface area contributed by atoms with Crippen LogP contribution in [0.4, 0.5) is 0 Å². The van der Waals surface area contributed by atoms with E-state index in [4.69, 9.17) is 0 Å². The first-order chi connectivity index (χ1) is 9.61. The smallest absolute Gasteiger partial charge is 0.310 e. The first kappa shape index (κ1) is 15.1. The SMILES string of the molecule is CCC(CC)(Cc1ccn(C2CCCCC2)n1)C(=O)O. The van der Waals surface area contributed by atoms with Gasteiger partial charge >= 0.3 is 5.97 Å². The molecule has 0 amide bonds. The Morgan fingerprint density at radius 2 is 2.00 bits per heavy atom. The van der Waals surface area contributed by atoms with Gasteiger partial charge in [-0.1, -0.05) is 33.1 Å². The fraction of sp³-hybridized carbons (Fsp3) is 0.750. The molecule has 0 radical (unpaired) electrons. The molecule has 0 saturated heterocycles. The Labute approximate surface area is 121 Å². The van der Waals surface area contributed by atoms with Gasteiger partial charge < -0.3 is 5.11 Å². The Kier molecular flexibility index (Phi) is 4.84. The molecule has 0 aromatic carbocycles. The second-order valence-electron chi connectivity index (χ2n) is 6.05. The van der Waals surface area contributed by atoms with Crippen LogP contribution in [-0.4, -0.2) is 20.9 Å². The predicted octanol–water partition coefficient (Wildman–Crippen LogP) is 3.82. The van der Waals surface area contributed by atoms with Crippen LogP contribution in [0.25, 0.3) is 0 Å². The molecule has 20 heavy (non-hydrogen) atoms. The van der Waals surface area contributed by atoms with Crippen molar-refractivity contribution in [2.45, 2.75) is 71.3 Å². The maximum atomic E-state index is 11.6. The molecule has 1 aliphatic rings. The molecule has 1 aliphatic carbocycles. The summed E-state index contributed by atoms with van der Waals surface area (Å²) in [6.07, 6.45) is 10.2. The number of carbonyl (C=O) groups is 1. The molecule has 4 heteroatoms. The summed E-state index contributed by atoms with van der Waals surface area (Å²) in [4.78, 5) is 11.6. The number of carboxylic acids is 1. The lowest BCUT2D eigenvalue weighted by Crippen LogP contribution is -2.32. The van der Waals surface area contributed by atoms with Crippen LogP contribution in [0.5, 0.6) is 0 Å². The molecule has 1 fully saturated rings. The minimum Gasteiger partial charge on any atom is -0.481 e. The lowest BCUT2D eigenvalue weighted by Gasteiger charge is -2.26. The van der Waals surface area contributed by atoms with Crippen LogP contribution in [0.2, 0.25) is 0 Å².